The van der Waals surface area contributed by atoms with Crippen LogP contribution < -0.4 is 10.1 Å². The van der Waals surface area contributed by atoms with Crippen LogP contribution in [0.15, 0.2) is 24.3 Å². The highest BCUT2D eigenvalue weighted by molar-refractivity contribution is 5.78. The van der Waals surface area contributed by atoms with Gasteiger partial charge < -0.3 is 10.1 Å². The van der Waals surface area contributed by atoms with Gasteiger partial charge in [0.25, 0.3) is 5.91 Å². The molecule has 0 aliphatic carbocycles. The van der Waals surface area contributed by atoms with Crippen LogP contribution >= 0.6 is 0 Å². The van der Waals surface area contributed by atoms with E-state index in [4.69, 9.17) is 10.00 Å². The second-order valence-corrected chi connectivity index (χ2v) is 4.72. The van der Waals surface area contributed by atoms with Gasteiger partial charge in [0.15, 0.2) is 6.61 Å². The average Bonchev–Trinajstić information content (AvgIpc) is 2.25. The van der Waals surface area contributed by atoms with Gasteiger partial charge in [0.2, 0.25) is 0 Å². The first-order valence-electron chi connectivity index (χ1n) is 5.35. The summed E-state index contributed by atoms with van der Waals surface area (Å²) in [5.74, 6) is 0.412. The molecule has 0 spiro atoms. The van der Waals surface area contributed by atoms with Crippen molar-refractivity contribution in [1.29, 1.82) is 5.26 Å². The zero-order chi connectivity index (χ0) is 12.9. The Kier molecular flexibility index (Phi) is 4.11. The zero-order valence-electron chi connectivity index (χ0n) is 10.3. The molecular weight excluding hydrogens is 216 g/mol. The molecule has 0 saturated heterocycles. The second-order valence-electron chi connectivity index (χ2n) is 4.72. The van der Waals surface area contributed by atoms with Crippen molar-refractivity contribution < 1.29 is 9.53 Å². The number of rotatable bonds is 3. The van der Waals surface area contributed by atoms with Crippen molar-refractivity contribution in [3.8, 4) is 11.8 Å². The first kappa shape index (κ1) is 13.0. The molecule has 0 radical (unpaired) electrons. The summed E-state index contributed by atoms with van der Waals surface area (Å²) in [6.45, 7) is 5.70. The maximum atomic E-state index is 11.5. The summed E-state index contributed by atoms with van der Waals surface area (Å²) in [6, 6.07) is 8.65. The molecule has 0 atom stereocenters. The fourth-order valence-corrected chi connectivity index (χ4v) is 1.23. The van der Waals surface area contributed by atoms with Gasteiger partial charge in [-0.15, -0.1) is 0 Å². The largest absolute Gasteiger partial charge is 0.484 e. The molecule has 0 heterocycles. The molecule has 17 heavy (non-hydrogen) atoms. The van der Waals surface area contributed by atoms with E-state index in [1.165, 1.54) is 0 Å². The number of hydrogen-bond acceptors (Lipinski definition) is 3. The fraction of sp³-hybridized carbons (Fsp3) is 0.385. The highest BCUT2D eigenvalue weighted by Crippen LogP contribution is 2.11. The molecule has 0 aliphatic rings. The van der Waals surface area contributed by atoms with Crippen LogP contribution in [0.2, 0.25) is 0 Å². The molecule has 1 rings (SSSR count). The Morgan fingerprint density at radius 1 is 1.35 bits per heavy atom. The Hall–Kier alpha value is -2.02. The number of carbonyl (C=O) groups is 1. The minimum absolute atomic E-state index is 0.0246. The van der Waals surface area contributed by atoms with Gasteiger partial charge in [0, 0.05) is 5.54 Å². The monoisotopic (exact) mass is 232 g/mol. The highest BCUT2D eigenvalue weighted by Gasteiger charge is 2.13. The predicted octanol–water partition coefficient (Wildman–Crippen LogP) is 1.85. The van der Waals surface area contributed by atoms with E-state index in [0.29, 0.717) is 11.3 Å². The summed E-state index contributed by atoms with van der Waals surface area (Å²) in [5, 5.41) is 11.4. The van der Waals surface area contributed by atoms with Crippen LogP contribution in [0.25, 0.3) is 0 Å². The van der Waals surface area contributed by atoms with Crippen molar-refractivity contribution in [3.05, 3.63) is 29.8 Å². The van der Waals surface area contributed by atoms with Gasteiger partial charge in [0.1, 0.15) is 5.75 Å². The molecule has 0 aliphatic heterocycles. The van der Waals surface area contributed by atoms with Crippen molar-refractivity contribution in [2.45, 2.75) is 26.3 Å². The summed E-state index contributed by atoms with van der Waals surface area (Å²) < 4.78 is 5.29. The normalized spacial score (nSPS) is 10.5. The lowest BCUT2D eigenvalue weighted by atomic mass is 10.1. The van der Waals surface area contributed by atoms with E-state index in [9.17, 15) is 4.79 Å². The molecule has 4 heteroatoms. The van der Waals surface area contributed by atoms with Crippen molar-refractivity contribution in [2.24, 2.45) is 0 Å². The van der Waals surface area contributed by atoms with Gasteiger partial charge in [-0.2, -0.15) is 5.26 Å². The summed E-state index contributed by atoms with van der Waals surface area (Å²) >= 11 is 0. The summed E-state index contributed by atoms with van der Waals surface area (Å²) in [4.78, 5) is 11.5. The van der Waals surface area contributed by atoms with Crippen LogP contribution in [-0.4, -0.2) is 18.1 Å². The van der Waals surface area contributed by atoms with E-state index in [2.05, 4.69) is 5.32 Å². The Balaban J connectivity index is 2.45. The molecule has 1 aromatic rings. The average molecular weight is 232 g/mol. The van der Waals surface area contributed by atoms with Crippen LogP contribution in [-0.2, 0) is 4.79 Å². The topological polar surface area (TPSA) is 62.1 Å². The molecule has 1 amide bonds. The first-order chi connectivity index (χ1) is 7.90. The van der Waals surface area contributed by atoms with Crippen LogP contribution in [0.3, 0.4) is 0 Å². The zero-order valence-corrected chi connectivity index (χ0v) is 10.3. The minimum atomic E-state index is -0.259. The van der Waals surface area contributed by atoms with Gasteiger partial charge in [0.05, 0.1) is 11.6 Å². The van der Waals surface area contributed by atoms with Gasteiger partial charge >= 0.3 is 0 Å². The third kappa shape index (κ3) is 5.03. The van der Waals surface area contributed by atoms with E-state index < -0.39 is 0 Å². The number of carbonyl (C=O) groups excluding carboxylic acids is 1. The van der Waals surface area contributed by atoms with E-state index in [1.54, 1.807) is 24.3 Å². The summed E-state index contributed by atoms with van der Waals surface area (Å²) in [7, 11) is 0. The van der Waals surface area contributed by atoms with E-state index >= 15 is 0 Å². The number of amides is 1. The molecule has 0 bridgehead atoms. The smallest absolute Gasteiger partial charge is 0.258 e. The lowest BCUT2D eigenvalue weighted by Crippen LogP contribution is -2.43. The molecule has 1 aromatic carbocycles. The van der Waals surface area contributed by atoms with Crippen LogP contribution in [0.5, 0.6) is 5.75 Å². The molecular formula is C13H16N2O2. The third-order valence-corrected chi connectivity index (χ3v) is 1.87. The summed E-state index contributed by atoms with van der Waals surface area (Å²) in [5.41, 5.74) is 0.307. The fourth-order valence-electron chi connectivity index (χ4n) is 1.23. The number of benzene rings is 1. The molecule has 0 aromatic heterocycles. The second kappa shape index (κ2) is 5.35. The van der Waals surface area contributed by atoms with Crippen molar-refractivity contribution in [2.75, 3.05) is 6.61 Å². The highest BCUT2D eigenvalue weighted by atomic mass is 16.5. The Morgan fingerprint density at radius 2 is 1.94 bits per heavy atom. The number of nitrogens with zero attached hydrogens (tertiary/aromatic N) is 1. The van der Waals surface area contributed by atoms with Gasteiger partial charge in [-0.1, -0.05) is 0 Å². The van der Waals surface area contributed by atoms with Gasteiger partial charge in [-0.05, 0) is 45.0 Å². The lowest BCUT2D eigenvalue weighted by Gasteiger charge is -2.20. The molecule has 1 N–H and O–H groups in total. The van der Waals surface area contributed by atoms with E-state index in [1.807, 2.05) is 26.8 Å². The lowest BCUT2D eigenvalue weighted by molar-refractivity contribution is -0.124. The van der Waals surface area contributed by atoms with Crippen LogP contribution in [0, 0.1) is 11.3 Å². The number of ether oxygens (including phenoxy) is 1. The van der Waals surface area contributed by atoms with Crippen LogP contribution in [0.4, 0.5) is 0 Å². The molecule has 90 valence electrons. The van der Waals surface area contributed by atoms with Crippen LogP contribution in [0.1, 0.15) is 26.3 Å². The predicted molar refractivity (Wildman–Crippen MR) is 64.5 cm³/mol. The maximum Gasteiger partial charge on any atom is 0.258 e. The number of nitriles is 1. The molecule has 0 saturated carbocycles. The maximum absolute atomic E-state index is 11.5. The summed E-state index contributed by atoms with van der Waals surface area (Å²) in [6.07, 6.45) is 0. The molecule has 0 unspecified atom stereocenters. The Morgan fingerprint density at radius 3 is 2.41 bits per heavy atom. The van der Waals surface area contributed by atoms with E-state index in [-0.39, 0.29) is 18.1 Å². The molecule has 4 nitrogen and oxygen atoms in total. The number of hydrogen-bond donors (Lipinski definition) is 1. The van der Waals surface area contributed by atoms with Crippen molar-refractivity contribution in [3.63, 3.8) is 0 Å². The Bertz CT molecular complexity index is 424. The SMILES string of the molecule is CC(C)(C)NC(=O)COc1ccc(C#N)cc1. The first-order valence-corrected chi connectivity index (χ1v) is 5.35. The third-order valence-electron chi connectivity index (χ3n) is 1.87. The molecule has 0 fully saturated rings. The quantitative estimate of drug-likeness (QED) is 0.865. The van der Waals surface area contributed by atoms with Crippen molar-refractivity contribution >= 4 is 5.91 Å². The number of nitrogens with one attached hydrogen (secondary N) is 1. The minimum Gasteiger partial charge on any atom is -0.484 e. The van der Waals surface area contributed by atoms with Gasteiger partial charge in [-0.3, -0.25) is 4.79 Å². The standard InChI is InChI=1S/C13H16N2O2/c1-13(2,3)15-12(16)9-17-11-6-4-10(8-14)5-7-11/h4-7H,9H2,1-3H3,(H,15,16). The van der Waals surface area contributed by atoms with Crippen molar-refractivity contribution in [1.82, 2.24) is 5.32 Å². The van der Waals surface area contributed by atoms with Gasteiger partial charge in [-0.25, -0.2) is 0 Å². The Labute approximate surface area is 101 Å². The van der Waals surface area contributed by atoms with E-state index in [0.717, 1.165) is 0 Å².